The van der Waals surface area contributed by atoms with E-state index in [1.54, 1.807) is 7.05 Å². The molecule has 21 heavy (non-hydrogen) atoms. The zero-order valence-electron chi connectivity index (χ0n) is 11.6. The molecule has 1 nitrogen and oxygen atoms in total. The van der Waals surface area contributed by atoms with Gasteiger partial charge in [0.15, 0.2) is 0 Å². The molecule has 0 saturated carbocycles. The maximum absolute atomic E-state index is 12.6. The number of alkyl halides is 3. The smallest absolute Gasteiger partial charge is 0.309 e. The molecule has 0 heterocycles. The van der Waals surface area contributed by atoms with Gasteiger partial charge < -0.3 is 5.32 Å². The van der Waals surface area contributed by atoms with Gasteiger partial charge in [0, 0.05) is 5.02 Å². The van der Waals surface area contributed by atoms with Crippen LogP contribution in [-0.4, -0.2) is 7.05 Å². The Morgan fingerprint density at radius 3 is 2.05 bits per heavy atom. The Kier molecular flexibility index (Phi) is 4.59. The predicted octanol–water partition coefficient (Wildman–Crippen LogP) is 4.98. The minimum Gasteiger partial charge on any atom is -0.309 e. The third-order valence-electron chi connectivity index (χ3n) is 3.39. The molecule has 0 spiro atoms. The van der Waals surface area contributed by atoms with Crippen molar-refractivity contribution in [2.75, 3.05) is 7.05 Å². The van der Waals surface area contributed by atoms with Gasteiger partial charge >= 0.3 is 6.18 Å². The SMILES string of the molecule is CNC(c1ccc(C(F)(F)F)cc1)c1ccc(C)c(Cl)c1. The number of hydrogen-bond donors (Lipinski definition) is 1. The van der Waals surface area contributed by atoms with E-state index in [0.29, 0.717) is 5.02 Å². The summed E-state index contributed by atoms with van der Waals surface area (Å²) in [6.45, 7) is 1.90. The van der Waals surface area contributed by atoms with Gasteiger partial charge in [0.05, 0.1) is 11.6 Å². The van der Waals surface area contributed by atoms with Crippen LogP contribution in [0.4, 0.5) is 13.2 Å². The van der Waals surface area contributed by atoms with Crippen molar-refractivity contribution in [2.45, 2.75) is 19.1 Å². The lowest BCUT2D eigenvalue weighted by Crippen LogP contribution is -2.18. The molecule has 0 aromatic heterocycles. The van der Waals surface area contributed by atoms with Crippen LogP contribution in [-0.2, 0) is 6.18 Å². The molecule has 1 N–H and O–H groups in total. The van der Waals surface area contributed by atoms with Crippen LogP contribution in [0.5, 0.6) is 0 Å². The molecular weight excluding hydrogens is 299 g/mol. The van der Waals surface area contributed by atoms with Crippen molar-refractivity contribution in [2.24, 2.45) is 0 Å². The molecule has 1 unspecified atom stereocenters. The number of rotatable bonds is 3. The third kappa shape index (κ3) is 3.57. The molecule has 112 valence electrons. The largest absolute Gasteiger partial charge is 0.416 e. The molecule has 0 aliphatic rings. The first kappa shape index (κ1) is 15.9. The Labute approximate surface area is 126 Å². The second kappa shape index (κ2) is 6.08. The molecule has 0 aliphatic carbocycles. The lowest BCUT2D eigenvalue weighted by molar-refractivity contribution is -0.137. The normalized spacial score (nSPS) is 13.2. The first-order valence-corrected chi connectivity index (χ1v) is 6.81. The van der Waals surface area contributed by atoms with Gasteiger partial charge in [-0.05, 0) is 48.9 Å². The highest BCUT2D eigenvalue weighted by atomic mass is 35.5. The van der Waals surface area contributed by atoms with Gasteiger partial charge in [0.2, 0.25) is 0 Å². The van der Waals surface area contributed by atoms with Crippen molar-refractivity contribution < 1.29 is 13.2 Å². The summed E-state index contributed by atoms with van der Waals surface area (Å²) in [7, 11) is 1.76. The van der Waals surface area contributed by atoms with E-state index in [4.69, 9.17) is 11.6 Å². The highest BCUT2D eigenvalue weighted by Crippen LogP contribution is 2.31. The van der Waals surface area contributed by atoms with Crippen molar-refractivity contribution in [1.29, 1.82) is 0 Å². The molecule has 5 heteroatoms. The van der Waals surface area contributed by atoms with Crippen LogP contribution < -0.4 is 5.32 Å². The Morgan fingerprint density at radius 1 is 1.00 bits per heavy atom. The Morgan fingerprint density at radius 2 is 1.57 bits per heavy atom. The number of aryl methyl sites for hydroxylation is 1. The zero-order valence-corrected chi connectivity index (χ0v) is 12.4. The van der Waals surface area contributed by atoms with Crippen molar-refractivity contribution in [3.05, 3.63) is 69.7 Å². The van der Waals surface area contributed by atoms with E-state index in [2.05, 4.69) is 5.32 Å². The molecule has 0 bridgehead atoms. The number of nitrogens with one attached hydrogen (secondary N) is 1. The Bertz CT molecular complexity index is 620. The minimum absolute atomic E-state index is 0.203. The van der Waals surface area contributed by atoms with Crippen LogP contribution in [0.15, 0.2) is 42.5 Å². The van der Waals surface area contributed by atoms with Crippen LogP contribution in [0.2, 0.25) is 5.02 Å². The van der Waals surface area contributed by atoms with Crippen LogP contribution in [0.1, 0.15) is 28.3 Å². The van der Waals surface area contributed by atoms with Crippen molar-refractivity contribution >= 4 is 11.6 Å². The van der Waals surface area contributed by atoms with E-state index in [9.17, 15) is 13.2 Å². The average Bonchev–Trinajstić information content (AvgIpc) is 2.43. The third-order valence-corrected chi connectivity index (χ3v) is 3.80. The lowest BCUT2D eigenvalue weighted by Gasteiger charge is -2.19. The van der Waals surface area contributed by atoms with E-state index in [0.717, 1.165) is 28.8 Å². The van der Waals surface area contributed by atoms with Crippen LogP contribution >= 0.6 is 11.6 Å². The fraction of sp³-hybridized carbons (Fsp3) is 0.250. The van der Waals surface area contributed by atoms with Crippen LogP contribution in [0.3, 0.4) is 0 Å². The molecule has 2 aromatic rings. The molecule has 1 atom stereocenters. The van der Waals surface area contributed by atoms with Gasteiger partial charge in [-0.1, -0.05) is 35.9 Å². The lowest BCUT2D eigenvalue weighted by atomic mass is 9.97. The van der Waals surface area contributed by atoms with E-state index in [-0.39, 0.29) is 6.04 Å². The summed E-state index contributed by atoms with van der Waals surface area (Å²) >= 11 is 6.11. The number of benzene rings is 2. The summed E-state index contributed by atoms with van der Waals surface area (Å²) in [6.07, 6.45) is -4.32. The molecule has 0 aliphatic heterocycles. The molecular formula is C16H15ClF3N. The molecule has 2 aromatic carbocycles. The highest BCUT2D eigenvalue weighted by Gasteiger charge is 2.30. The maximum Gasteiger partial charge on any atom is 0.416 e. The number of hydrogen-bond acceptors (Lipinski definition) is 1. The fourth-order valence-electron chi connectivity index (χ4n) is 2.18. The Hall–Kier alpha value is -1.52. The molecule has 2 rings (SSSR count). The van der Waals surface area contributed by atoms with Crippen LogP contribution in [0.25, 0.3) is 0 Å². The van der Waals surface area contributed by atoms with Crippen molar-refractivity contribution in [3.63, 3.8) is 0 Å². The van der Waals surface area contributed by atoms with E-state index in [1.807, 2.05) is 25.1 Å². The maximum atomic E-state index is 12.6. The molecule has 0 saturated heterocycles. The summed E-state index contributed by atoms with van der Waals surface area (Å²) in [5.74, 6) is 0. The van der Waals surface area contributed by atoms with Gasteiger partial charge in [0.25, 0.3) is 0 Å². The topological polar surface area (TPSA) is 12.0 Å². The van der Waals surface area contributed by atoms with Crippen molar-refractivity contribution in [3.8, 4) is 0 Å². The summed E-state index contributed by atoms with van der Waals surface area (Å²) in [5, 5.41) is 3.74. The van der Waals surface area contributed by atoms with Gasteiger partial charge in [-0.2, -0.15) is 13.2 Å². The molecule has 0 amide bonds. The standard InChI is InChI=1S/C16H15ClF3N/c1-10-3-4-12(9-14(10)17)15(21-2)11-5-7-13(8-6-11)16(18,19)20/h3-9,15,21H,1-2H3. The van der Waals surface area contributed by atoms with Crippen molar-refractivity contribution in [1.82, 2.24) is 5.32 Å². The Balaban J connectivity index is 2.35. The first-order valence-electron chi connectivity index (χ1n) is 6.43. The quantitative estimate of drug-likeness (QED) is 0.843. The van der Waals surface area contributed by atoms with Gasteiger partial charge in [-0.25, -0.2) is 0 Å². The fourth-order valence-corrected chi connectivity index (χ4v) is 2.37. The highest BCUT2D eigenvalue weighted by molar-refractivity contribution is 6.31. The minimum atomic E-state index is -4.32. The summed E-state index contributed by atoms with van der Waals surface area (Å²) in [4.78, 5) is 0. The second-order valence-electron chi connectivity index (χ2n) is 4.85. The van der Waals surface area contributed by atoms with E-state index < -0.39 is 11.7 Å². The van der Waals surface area contributed by atoms with Gasteiger partial charge in [-0.3, -0.25) is 0 Å². The first-order chi connectivity index (χ1) is 9.82. The van der Waals surface area contributed by atoms with Gasteiger partial charge in [0.1, 0.15) is 0 Å². The second-order valence-corrected chi connectivity index (χ2v) is 5.26. The van der Waals surface area contributed by atoms with Gasteiger partial charge in [-0.15, -0.1) is 0 Å². The van der Waals surface area contributed by atoms with E-state index >= 15 is 0 Å². The molecule has 0 radical (unpaired) electrons. The number of halogens is 4. The zero-order chi connectivity index (χ0) is 15.6. The summed E-state index contributed by atoms with van der Waals surface area (Å²) < 4.78 is 37.8. The monoisotopic (exact) mass is 313 g/mol. The summed E-state index contributed by atoms with van der Waals surface area (Å²) in [6, 6.07) is 10.6. The summed E-state index contributed by atoms with van der Waals surface area (Å²) in [5.41, 5.74) is 1.98. The predicted molar refractivity (Wildman–Crippen MR) is 78.5 cm³/mol. The molecule has 0 fully saturated rings. The average molecular weight is 314 g/mol. The van der Waals surface area contributed by atoms with Crippen LogP contribution in [0, 0.1) is 6.92 Å². The van der Waals surface area contributed by atoms with E-state index in [1.165, 1.54) is 12.1 Å².